The highest BCUT2D eigenvalue weighted by Gasteiger charge is 2.14. The fourth-order valence-electron chi connectivity index (χ4n) is 2.99. The first kappa shape index (κ1) is 15.6. The van der Waals surface area contributed by atoms with Crippen LogP contribution < -0.4 is 11.1 Å². The van der Waals surface area contributed by atoms with Gasteiger partial charge in [-0.15, -0.1) is 11.8 Å². The SMILES string of the molecule is CSc1cccc(NCCC2CCCCC2)c1C(N)=S. The molecule has 1 aromatic carbocycles. The van der Waals surface area contributed by atoms with E-state index in [-0.39, 0.29) is 0 Å². The van der Waals surface area contributed by atoms with E-state index in [1.807, 2.05) is 0 Å². The van der Waals surface area contributed by atoms with Gasteiger partial charge in [-0.3, -0.25) is 0 Å². The molecule has 0 bridgehead atoms. The van der Waals surface area contributed by atoms with Gasteiger partial charge in [0.15, 0.2) is 0 Å². The fourth-order valence-corrected chi connectivity index (χ4v) is 3.91. The maximum atomic E-state index is 5.88. The zero-order valence-corrected chi connectivity index (χ0v) is 13.8. The van der Waals surface area contributed by atoms with Gasteiger partial charge in [0.25, 0.3) is 0 Å². The molecule has 0 unspecified atom stereocenters. The first-order valence-electron chi connectivity index (χ1n) is 7.43. The minimum atomic E-state index is 0.482. The highest BCUT2D eigenvalue weighted by molar-refractivity contribution is 7.98. The standard InChI is InChI=1S/C16H24N2S2/c1-20-14-9-5-8-13(15(14)16(17)19)18-11-10-12-6-3-2-4-7-12/h5,8-9,12,18H,2-4,6-7,10-11H2,1H3,(H2,17,19). The molecule has 2 rings (SSSR count). The molecule has 1 fully saturated rings. The highest BCUT2D eigenvalue weighted by Crippen LogP contribution is 2.29. The average molecular weight is 309 g/mol. The molecular formula is C16H24N2S2. The number of benzene rings is 1. The van der Waals surface area contributed by atoms with E-state index in [0.29, 0.717) is 4.99 Å². The second-order valence-corrected chi connectivity index (χ2v) is 6.75. The second-order valence-electron chi connectivity index (χ2n) is 5.47. The highest BCUT2D eigenvalue weighted by atomic mass is 32.2. The molecule has 3 N–H and O–H groups in total. The zero-order chi connectivity index (χ0) is 14.4. The summed E-state index contributed by atoms with van der Waals surface area (Å²) in [6.07, 6.45) is 10.3. The summed E-state index contributed by atoms with van der Waals surface area (Å²) in [5.74, 6) is 0.897. The van der Waals surface area contributed by atoms with Crippen LogP contribution in [-0.4, -0.2) is 17.8 Å². The molecule has 0 radical (unpaired) electrons. The van der Waals surface area contributed by atoms with Gasteiger partial charge >= 0.3 is 0 Å². The Labute approximate surface area is 131 Å². The van der Waals surface area contributed by atoms with E-state index in [9.17, 15) is 0 Å². The van der Waals surface area contributed by atoms with Crippen molar-refractivity contribution < 1.29 is 0 Å². The van der Waals surface area contributed by atoms with E-state index in [1.54, 1.807) is 11.8 Å². The minimum absolute atomic E-state index is 0.482. The van der Waals surface area contributed by atoms with Crippen molar-refractivity contribution >= 4 is 34.7 Å². The van der Waals surface area contributed by atoms with Crippen molar-refractivity contribution in [2.24, 2.45) is 11.7 Å². The minimum Gasteiger partial charge on any atom is -0.389 e. The van der Waals surface area contributed by atoms with Crippen LogP contribution in [0.1, 0.15) is 44.1 Å². The van der Waals surface area contributed by atoms with Crippen LogP contribution in [0.3, 0.4) is 0 Å². The summed E-state index contributed by atoms with van der Waals surface area (Å²) >= 11 is 6.90. The summed E-state index contributed by atoms with van der Waals surface area (Å²) in [7, 11) is 0. The fraction of sp³-hybridized carbons (Fsp3) is 0.562. The number of nitrogens with one attached hydrogen (secondary N) is 1. The van der Waals surface area contributed by atoms with Crippen LogP contribution in [0.2, 0.25) is 0 Å². The van der Waals surface area contributed by atoms with Crippen molar-refractivity contribution in [3.63, 3.8) is 0 Å². The number of hydrogen-bond donors (Lipinski definition) is 2. The van der Waals surface area contributed by atoms with Crippen LogP contribution in [0, 0.1) is 5.92 Å². The smallest absolute Gasteiger partial charge is 0.107 e. The molecule has 0 atom stereocenters. The van der Waals surface area contributed by atoms with Gasteiger partial charge in [-0.25, -0.2) is 0 Å². The van der Waals surface area contributed by atoms with E-state index in [0.717, 1.165) is 28.6 Å². The normalized spacial score (nSPS) is 16.1. The van der Waals surface area contributed by atoms with Crippen molar-refractivity contribution in [1.82, 2.24) is 0 Å². The number of thioether (sulfide) groups is 1. The Kier molecular flexibility index (Phi) is 6.17. The summed E-state index contributed by atoms with van der Waals surface area (Å²) in [6.45, 7) is 1.01. The molecule has 1 aliphatic carbocycles. The van der Waals surface area contributed by atoms with Gasteiger partial charge in [-0.2, -0.15) is 0 Å². The second kappa shape index (κ2) is 7.89. The third-order valence-corrected chi connectivity index (χ3v) is 5.07. The van der Waals surface area contributed by atoms with Gasteiger partial charge in [0.05, 0.1) is 0 Å². The monoisotopic (exact) mass is 308 g/mol. The summed E-state index contributed by atoms with van der Waals surface area (Å²) < 4.78 is 0. The summed E-state index contributed by atoms with van der Waals surface area (Å²) in [5, 5.41) is 3.54. The number of hydrogen-bond acceptors (Lipinski definition) is 3. The summed E-state index contributed by atoms with van der Waals surface area (Å²) in [6, 6.07) is 6.22. The van der Waals surface area contributed by atoms with E-state index < -0.39 is 0 Å². The quantitative estimate of drug-likeness (QED) is 0.602. The van der Waals surface area contributed by atoms with E-state index >= 15 is 0 Å². The van der Waals surface area contributed by atoms with Crippen LogP contribution >= 0.6 is 24.0 Å². The lowest BCUT2D eigenvalue weighted by Crippen LogP contribution is -2.17. The molecule has 4 heteroatoms. The van der Waals surface area contributed by atoms with Crippen LogP contribution in [0.25, 0.3) is 0 Å². The molecule has 0 aromatic heterocycles. The number of thiocarbonyl (C=S) groups is 1. The zero-order valence-electron chi connectivity index (χ0n) is 12.2. The maximum absolute atomic E-state index is 5.88. The van der Waals surface area contributed by atoms with Crippen molar-refractivity contribution in [1.29, 1.82) is 0 Å². The number of anilines is 1. The molecule has 1 aromatic rings. The Morgan fingerprint density at radius 3 is 2.75 bits per heavy atom. The summed E-state index contributed by atoms with van der Waals surface area (Å²) in [5.41, 5.74) is 7.97. The third kappa shape index (κ3) is 4.13. The molecule has 1 aliphatic rings. The first-order chi connectivity index (χ1) is 9.72. The van der Waals surface area contributed by atoms with Crippen molar-refractivity contribution in [3.05, 3.63) is 23.8 Å². The van der Waals surface area contributed by atoms with Gasteiger partial charge in [0.1, 0.15) is 4.99 Å². The lowest BCUT2D eigenvalue weighted by Gasteiger charge is -2.22. The summed E-state index contributed by atoms with van der Waals surface area (Å²) in [4.78, 5) is 1.63. The average Bonchev–Trinajstić information content (AvgIpc) is 2.47. The molecule has 0 aliphatic heterocycles. The van der Waals surface area contributed by atoms with Gasteiger partial charge in [-0.1, -0.05) is 50.4 Å². The first-order valence-corrected chi connectivity index (χ1v) is 9.06. The molecule has 0 spiro atoms. The largest absolute Gasteiger partial charge is 0.389 e. The molecular weight excluding hydrogens is 284 g/mol. The Morgan fingerprint density at radius 2 is 2.10 bits per heavy atom. The van der Waals surface area contributed by atoms with Gasteiger partial charge in [0.2, 0.25) is 0 Å². The number of rotatable bonds is 6. The van der Waals surface area contributed by atoms with E-state index in [2.05, 4.69) is 29.8 Å². The van der Waals surface area contributed by atoms with Crippen molar-refractivity contribution in [2.75, 3.05) is 18.1 Å². The van der Waals surface area contributed by atoms with Gasteiger partial charge < -0.3 is 11.1 Å². The topological polar surface area (TPSA) is 38.0 Å². The molecule has 0 amide bonds. The lowest BCUT2D eigenvalue weighted by molar-refractivity contribution is 0.345. The molecule has 20 heavy (non-hydrogen) atoms. The van der Waals surface area contributed by atoms with Crippen LogP contribution in [-0.2, 0) is 0 Å². The lowest BCUT2D eigenvalue weighted by atomic mass is 9.87. The third-order valence-electron chi connectivity index (χ3n) is 4.09. The molecule has 0 saturated heterocycles. The Bertz CT molecular complexity index is 454. The molecule has 0 heterocycles. The molecule has 1 saturated carbocycles. The predicted molar refractivity (Wildman–Crippen MR) is 93.8 cm³/mol. The van der Waals surface area contributed by atoms with Crippen LogP contribution in [0.4, 0.5) is 5.69 Å². The Hall–Kier alpha value is -0.740. The van der Waals surface area contributed by atoms with Gasteiger partial charge in [-0.05, 0) is 30.7 Å². The predicted octanol–water partition coefficient (Wildman–Crippen LogP) is 4.43. The Morgan fingerprint density at radius 1 is 1.35 bits per heavy atom. The van der Waals surface area contributed by atoms with Crippen molar-refractivity contribution in [2.45, 2.75) is 43.4 Å². The maximum Gasteiger partial charge on any atom is 0.107 e. The van der Waals surface area contributed by atoms with Gasteiger partial charge in [0, 0.05) is 22.7 Å². The molecule has 110 valence electrons. The number of nitrogens with two attached hydrogens (primary N) is 1. The van der Waals surface area contributed by atoms with E-state index in [4.69, 9.17) is 18.0 Å². The Balaban J connectivity index is 1.96. The molecule has 2 nitrogen and oxygen atoms in total. The van der Waals surface area contributed by atoms with Crippen LogP contribution in [0.5, 0.6) is 0 Å². The van der Waals surface area contributed by atoms with Crippen LogP contribution in [0.15, 0.2) is 23.1 Å². The van der Waals surface area contributed by atoms with Crippen molar-refractivity contribution in [3.8, 4) is 0 Å². The van der Waals surface area contributed by atoms with E-state index in [1.165, 1.54) is 38.5 Å².